The number of fused-ring (bicyclic) bond motifs is 1. The lowest BCUT2D eigenvalue weighted by Crippen LogP contribution is -2.23. The summed E-state index contributed by atoms with van der Waals surface area (Å²) in [5.41, 5.74) is 2.56. The van der Waals surface area contributed by atoms with Crippen LogP contribution in [0.2, 0.25) is 0 Å². The zero-order valence-electron chi connectivity index (χ0n) is 17.8. The van der Waals surface area contributed by atoms with E-state index in [1.807, 2.05) is 68.4 Å². The molecule has 0 saturated heterocycles. The lowest BCUT2D eigenvalue weighted by Gasteiger charge is -2.11. The first-order chi connectivity index (χ1) is 15.3. The Morgan fingerprint density at radius 2 is 1.69 bits per heavy atom. The Balaban J connectivity index is 1.51. The molecule has 0 fully saturated rings. The van der Waals surface area contributed by atoms with Crippen molar-refractivity contribution < 1.29 is 13.2 Å². The maximum Gasteiger partial charge on any atom is 0.308 e. The number of rotatable bonds is 8. The highest BCUT2D eigenvalue weighted by Crippen LogP contribution is 2.23. The SMILES string of the molecule is CC(C)Oc1ccc(CNS(=O)(=O)c2ccc3c(c2)sc(=O)n3Cc2ccccc2)cc1. The van der Waals surface area contributed by atoms with E-state index in [-0.39, 0.29) is 22.4 Å². The molecule has 0 saturated carbocycles. The maximum absolute atomic E-state index is 12.8. The van der Waals surface area contributed by atoms with Gasteiger partial charge in [-0.25, -0.2) is 13.1 Å². The molecule has 0 aliphatic heterocycles. The van der Waals surface area contributed by atoms with Gasteiger partial charge in [0, 0.05) is 6.54 Å². The molecule has 0 bridgehead atoms. The molecule has 1 heterocycles. The van der Waals surface area contributed by atoms with Crippen LogP contribution in [0.25, 0.3) is 10.2 Å². The summed E-state index contributed by atoms with van der Waals surface area (Å²) in [6.07, 6.45) is 0.0764. The average molecular weight is 469 g/mol. The second kappa shape index (κ2) is 9.28. The lowest BCUT2D eigenvalue weighted by molar-refractivity contribution is 0.242. The molecule has 6 nitrogen and oxygen atoms in total. The molecule has 8 heteroatoms. The quantitative estimate of drug-likeness (QED) is 0.416. The molecule has 32 heavy (non-hydrogen) atoms. The highest BCUT2D eigenvalue weighted by molar-refractivity contribution is 7.89. The minimum Gasteiger partial charge on any atom is -0.491 e. The number of hydrogen-bond acceptors (Lipinski definition) is 5. The largest absolute Gasteiger partial charge is 0.491 e. The van der Waals surface area contributed by atoms with E-state index in [0.717, 1.165) is 33.7 Å². The van der Waals surface area contributed by atoms with Crippen LogP contribution in [0.4, 0.5) is 0 Å². The van der Waals surface area contributed by atoms with Crippen molar-refractivity contribution in [2.75, 3.05) is 0 Å². The second-order valence-corrected chi connectivity index (χ2v) is 10.5. The van der Waals surface area contributed by atoms with Crippen molar-refractivity contribution in [3.63, 3.8) is 0 Å². The van der Waals surface area contributed by atoms with E-state index in [1.165, 1.54) is 6.07 Å². The van der Waals surface area contributed by atoms with Crippen molar-refractivity contribution in [3.8, 4) is 5.75 Å². The fourth-order valence-corrected chi connectivity index (χ4v) is 5.40. The van der Waals surface area contributed by atoms with Crippen LogP contribution in [-0.2, 0) is 23.1 Å². The van der Waals surface area contributed by atoms with Crippen molar-refractivity contribution in [1.29, 1.82) is 0 Å². The van der Waals surface area contributed by atoms with Crippen LogP contribution < -0.4 is 14.3 Å². The molecule has 0 radical (unpaired) electrons. The van der Waals surface area contributed by atoms with Gasteiger partial charge in [-0.15, -0.1) is 0 Å². The fourth-order valence-electron chi connectivity index (χ4n) is 3.35. The van der Waals surface area contributed by atoms with Gasteiger partial charge in [-0.05, 0) is 55.3 Å². The topological polar surface area (TPSA) is 77.4 Å². The summed E-state index contributed by atoms with van der Waals surface area (Å²) in [6.45, 7) is 4.50. The molecule has 4 rings (SSSR count). The Hall–Kier alpha value is -2.94. The monoisotopic (exact) mass is 468 g/mol. The molecule has 4 aromatic rings. The molecule has 166 valence electrons. The van der Waals surface area contributed by atoms with Crippen LogP contribution >= 0.6 is 11.3 Å². The van der Waals surface area contributed by atoms with E-state index >= 15 is 0 Å². The van der Waals surface area contributed by atoms with Gasteiger partial charge in [-0.2, -0.15) is 0 Å². The summed E-state index contributed by atoms with van der Waals surface area (Å²) in [7, 11) is -3.73. The number of ether oxygens (including phenoxy) is 1. The predicted octanol–water partition coefficient (Wildman–Crippen LogP) is 4.38. The number of hydrogen-bond donors (Lipinski definition) is 1. The average Bonchev–Trinajstić information content (AvgIpc) is 3.08. The first-order valence-electron chi connectivity index (χ1n) is 10.2. The van der Waals surface area contributed by atoms with Gasteiger partial charge in [-0.3, -0.25) is 9.36 Å². The Kier molecular flexibility index (Phi) is 6.45. The van der Waals surface area contributed by atoms with Crippen LogP contribution in [-0.4, -0.2) is 19.1 Å². The number of nitrogens with zero attached hydrogens (tertiary/aromatic N) is 1. The van der Waals surface area contributed by atoms with Gasteiger partial charge < -0.3 is 4.74 Å². The van der Waals surface area contributed by atoms with Gasteiger partial charge in [0.15, 0.2) is 0 Å². The van der Waals surface area contributed by atoms with Crippen molar-refractivity contribution in [2.45, 2.75) is 37.9 Å². The van der Waals surface area contributed by atoms with Gasteiger partial charge >= 0.3 is 4.87 Å². The van der Waals surface area contributed by atoms with Crippen LogP contribution in [0, 0.1) is 0 Å². The normalized spacial score (nSPS) is 11.8. The summed E-state index contributed by atoms with van der Waals surface area (Å²) in [6, 6.07) is 21.8. The summed E-state index contributed by atoms with van der Waals surface area (Å²) in [5, 5.41) is 0. The molecular formula is C24H24N2O4S2. The first-order valence-corrected chi connectivity index (χ1v) is 12.5. The van der Waals surface area contributed by atoms with E-state index in [0.29, 0.717) is 11.2 Å². The van der Waals surface area contributed by atoms with E-state index in [9.17, 15) is 13.2 Å². The van der Waals surface area contributed by atoms with Crippen LogP contribution in [0.1, 0.15) is 25.0 Å². The second-order valence-electron chi connectivity index (χ2n) is 7.70. The van der Waals surface area contributed by atoms with Crippen molar-refractivity contribution in [1.82, 2.24) is 9.29 Å². The fraction of sp³-hybridized carbons (Fsp3) is 0.208. The van der Waals surface area contributed by atoms with Gasteiger partial charge in [0.2, 0.25) is 10.0 Å². The predicted molar refractivity (Wildman–Crippen MR) is 128 cm³/mol. The number of aromatic nitrogens is 1. The molecule has 0 atom stereocenters. The third-order valence-corrected chi connectivity index (χ3v) is 7.24. The van der Waals surface area contributed by atoms with Crippen LogP contribution in [0.5, 0.6) is 5.75 Å². The molecule has 0 unspecified atom stereocenters. The highest BCUT2D eigenvalue weighted by atomic mass is 32.2. The van der Waals surface area contributed by atoms with E-state index < -0.39 is 10.0 Å². The van der Waals surface area contributed by atoms with Gasteiger partial charge in [0.25, 0.3) is 0 Å². The van der Waals surface area contributed by atoms with Gasteiger partial charge in [0.1, 0.15) is 5.75 Å². The molecule has 0 amide bonds. The minimum absolute atomic E-state index is 0.0764. The first kappa shape index (κ1) is 22.3. The zero-order chi connectivity index (χ0) is 22.7. The molecule has 1 aromatic heterocycles. The number of sulfonamides is 1. The van der Waals surface area contributed by atoms with Crippen LogP contribution in [0.15, 0.2) is 82.5 Å². The van der Waals surface area contributed by atoms with Gasteiger partial charge in [0.05, 0.1) is 27.8 Å². The number of nitrogens with one attached hydrogen (secondary N) is 1. The van der Waals surface area contributed by atoms with Crippen molar-refractivity contribution in [3.05, 3.63) is 93.6 Å². The Bertz CT molecular complexity index is 1370. The lowest BCUT2D eigenvalue weighted by atomic mass is 10.2. The number of benzene rings is 3. The Morgan fingerprint density at radius 3 is 2.38 bits per heavy atom. The van der Waals surface area contributed by atoms with E-state index in [2.05, 4.69) is 4.72 Å². The summed E-state index contributed by atoms with van der Waals surface area (Å²) in [5.74, 6) is 0.743. The highest BCUT2D eigenvalue weighted by Gasteiger charge is 2.17. The molecule has 3 aromatic carbocycles. The van der Waals surface area contributed by atoms with Crippen LogP contribution in [0.3, 0.4) is 0 Å². The third-order valence-electron chi connectivity index (χ3n) is 4.89. The summed E-state index contributed by atoms with van der Waals surface area (Å²) < 4.78 is 36.2. The van der Waals surface area contributed by atoms with Gasteiger partial charge in [-0.1, -0.05) is 53.8 Å². The standard InChI is InChI=1S/C24H24N2O4S2/c1-17(2)30-20-10-8-18(9-11-20)15-25-32(28,29)21-12-13-22-23(14-21)31-24(27)26(22)16-19-6-4-3-5-7-19/h3-14,17,25H,15-16H2,1-2H3. The molecule has 1 N–H and O–H groups in total. The van der Waals surface area contributed by atoms with E-state index in [4.69, 9.17) is 4.74 Å². The Labute approximate surface area is 191 Å². The molecule has 0 aliphatic carbocycles. The summed E-state index contributed by atoms with van der Waals surface area (Å²) >= 11 is 1.05. The Morgan fingerprint density at radius 1 is 0.969 bits per heavy atom. The maximum atomic E-state index is 12.8. The smallest absolute Gasteiger partial charge is 0.308 e. The zero-order valence-corrected chi connectivity index (χ0v) is 19.4. The molecule has 0 spiro atoms. The van der Waals surface area contributed by atoms with E-state index in [1.54, 1.807) is 16.7 Å². The number of thiazole rings is 1. The van der Waals surface area contributed by atoms with Crippen molar-refractivity contribution in [2.24, 2.45) is 0 Å². The van der Waals surface area contributed by atoms with Crippen molar-refractivity contribution >= 4 is 31.6 Å². The third kappa shape index (κ3) is 5.09. The molecule has 0 aliphatic rings. The minimum atomic E-state index is -3.73. The molecular weight excluding hydrogens is 444 g/mol. The summed E-state index contributed by atoms with van der Waals surface area (Å²) in [4.78, 5) is 12.5.